The number of methoxy groups -OCH3 is 1. The number of benzene rings is 2. The number of ether oxygens (including phenoxy) is 1. The molecule has 1 saturated heterocycles. The van der Waals surface area contributed by atoms with Crippen LogP contribution in [0.15, 0.2) is 59.3 Å². The fourth-order valence-electron chi connectivity index (χ4n) is 4.10. The Morgan fingerprint density at radius 1 is 1.17 bits per heavy atom. The van der Waals surface area contributed by atoms with E-state index < -0.39 is 0 Å². The van der Waals surface area contributed by atoms with E-state index in [2.05, 4.69) is 39.0 Å². The van der Waals surface area contributed by atoms with E-state index in [4.69, 9.17) is 9.15 Å². The lowest BCUT2D eigenvalue weighted by Gasteiger charge is -2.20. The SMILES string of the molecule is COc1ccc(-c2cnc(CN3CCCC3)s2)cc1N(C)c1occ2ccccc12. The molecule has 3 heterocycles. The molecule has 0 N–H and O–H groups in total. The molecule has 5 nitrogen and oxygen atoms in total. The summed E-state index contributed by atoms with van der Waals surface area (Å²) in [6.45, 7) is 3.32. The molecule has 1 aliphatic heterocycles. The van der Waals surface area contributed by atoms with Crippen molar-refractivity contribution in [2.24, 2.45) is 0 Å². The van der Waals surface area contributed by atoms with Gasteiger partial charge in [-0.3, -0.25) is 4.90 Å². The summed E-state index contributed by atoms with van der Waals surface area (Å²) < 4.78 is 11.6. The van der Waals surface area contributed by atoms with Gasteiger partial charge in [0, 0.05) is 24.0 Å². The van der Waals surface area contributed by atoms with Crippen LogP contribution in [0.1, 0.15) is 17.8 Å². The standard InChI is InChI=1S/C24H25N3O2S/c1-26(24-19-8-4-3-7-18(19)16-29-24)20-13-17(9-10-21(20)28-2)22-14-25-23(30-22)15-27-11-5-6-12-27/h3-4,7-10,13-14,16H,5-6,11-12,15H2,1-2H3. The number of hydrogen-bond donors (Lipinski definition) is 0. The van der Waals surface area contributed by atoms with E-state index in [0.717, 1.165) is 40.2 Å². The summed E-state index contributed by atoms with van der Waals surface area (Å²) in [4.78, 5) is 10.4. The molecular weight excluding hydrogens is 394 g/mol. The minimum absolute atomic E-state index is 0.806. The molecule has 0 bridgehead atoms. The Hall–Kier alpha value is -2.83. The number of rotatable bonds is 6. The molecule has 1 fully saturated rings. The van der Waals surface area contributed by atoms with Crippen LogP contribution in [0.4, 0.5) is 11.6 Å². The van der Waals surface area contributed by atoms with Crippen LogP contribution in [0, 0.1) is 0 Å². The Bertz CT molecular complexity index is 1160. The van der Waals surface area contributed by atoms with E-state index in [1.807, 2.05) is 31.4 Å². The molecule has 2 aromatic heterocycles. The minimum atomic E-state index is 0.806. The highest BCUT2D eigenvalue weighted by Crippen LogP contribution is 2.40. The zero-order chi connectivity index (χ0) is 20.5. The normalized spacial score (nSPS) is 14.5. The highest BCUT2D eigenvalue weighted by Gasteiger charge is 2.18. The lowest BCUT2D eigenvalue weighted by Crippen LogP contribution is -2.17. The highest BCUT2D eigenvalue weighted by atomic mass is 32.1. The first kappa shape index (κ1) is 19.2. The Morgan fingerprint density at radius 3 is 2.83 bits per heavy atom. The van der Waals surface area contributed by atoms with E-state index in [1.54, 1.807) is 24.7 Å². The second kappa shape index (κ2) is 8.13. The van der Waals surface area contributed by atoms with Crippen LogP contribution in [-0.2, 0) is 6.54 Å². The molecule has 1 aliphatic rings. The van der Waals surface area contributed by atoms with Gasteiger partial charge >= 0.3 is 0 Å². The third-order valence-corrected chi connectivity index (χ3v) is 6.76. The zero-order valence-corrected chi connectivity index (χ0v) is 18.1. The van der Waals surface area contributed by atoms with Crippen molar-refractivity contribution < 1.29 is 9.15 Å². The molecule has 0 radical (unpaired) electrons. The molecule has 30 heavy (non-hydrogen) atoms. The molecule has 2 aromatic carbocycles. The van der Waals surface area contributed by atoms with Crippen molar-refractivity contribution in [3.63, 3.8) is 0 Å². The van der Waals surface area contributed by atoms with Crippen molar-refractivity contribution in [2.75, 3.05) is 32.1 Å². The van der Waals surface area contributed by atoms with E-state index >= 15 is 0 Å². The molecule has 0 saturated carbocycles. The van der Waals surface area contributed by atoms with Gasteiger partial charge in [-0.2, -0.15) is 0 Å². The zero-order valence-electron chi connectivity index (χ0n) is 17.3. The van der Waals surface area contributed by atoms with Crippen molar-refractivity contribution >= 4 is 33.7 Å². The van der Waals surface area contributed by atoms with E-state index in [9.17, 15) is 0 Å². The predicted octanol–water partition coefficient (Wildman–Crippen LogP) is 5.93. The van der Waals surface area contributed by atoms with Gasteiger partial charge in [0.05, 0.1) is 24.2 Å². The average Bonchev–Trinajstić information content (AvgIpc) is 3.54. The summed E-state index contributed by atoms with van der Waals surface area (Å²) >= 11 is 1.77. The minimum Gasteiger partial charge on any atom is -0.495 e. The van der Waals surface area contributed by atoms with Crippen LogP contribution in [-0.4, -0.2) is 37.1 Å². The number of thiazole rings is 1. The van der Waals surface area contributed by atoms with Gasteiger partial charge in [0.2, 0.25) is 5.88 Å². The predicted molar refractivity (Wildman–Crippen MR) is 123 cm³/mol. The van der Waals surface area contributed by atoms with Crippen LogP contribution in [0.25, 0.3) is 21.2 Å². The van der Waals surface area contributed by atoms with E-state index in [1.165, 1.54) is 35.8 Å². The maximum atomic E-state index is 5.91. The number of furan rings is 1. The van der Waals surface area contributed by atoms with Gasteiger partial charge < -0.3 is 14.1 Å². The molecule has 154 valence electrons. The summed E-state index contributed by atoms with van der Waals surface area (Å²) in [7, 11) is 3.71. The van der Waals surface area contributed by atoms with Crippen molar-refractivity contribution in [2.45, 2.75) is 19.4 Å². The third-order valence-electron chi connectivity index (χ3n) is 5.73. The molecular formula is C24H25N3O2S. The van der Waals surface area contributed by atoms with Crippen molar-refractivity contribution in [1.29, 1.82) is 0 Å². The molecule has 0 amide bonds. The van der Waals surface area contributed by atoms with Gasteiger partial charge in [-0.25, -0.2) is 4.98 Å². The van der Waals surface area contributed by atoms with Gasteiger partial charge in [-0.15, -0.1) is 11.3 Å². The first-order valence-electron chi connectivity index (χ1n) is 10.3. The van der Waals surface area contributed by atoms with Crippen molar-refractivity contribution in [3.05, 3.63) is 59.9 Å². The van der Waals surface area contributed by atoms with Gasteiger partial charge in [0.1, 0.15) is 17.0 Å². The Labute approximate surface area is 180 Å². The molecule has 0 aliphatic carbocycles. The number of anilines is 2. The van der Waals surface area contributed by atoms with Crippen LogP contribution in [0.3, 0.4) is 0 Å². The maximum absolute atomic E-state index is 5.91. The topological polar surface area (TPSA) is 41.7 Å². The summed E-state index contributed by atoms with van der Waals surface area (Å²) in [5.74, 6) is 1.61. The van der Waals surface area contributed by atoms with E-state index in [0.29, 0.717) is 0 Å². The highest BCUT2D eigenvalue weighted by molar-refractivity contribution is 7.15. The van der Waals surface area contributed by atoms with Crippen LogP contribution in [0.5, 0.6) is 5.75 Å². The summed E-state index contributed by atoms with van der Waals surface area (Å²) in [6, 6.07) is 14.5. The number of aromatic nitrogens is 1. The van der Waals surface area contributed by atoms with Gasteiger partial charge in [-0.05, 0) is 55.8 Å². The van der Waals surface area contributed by atoms with Crippen molar-refractivity contribution in [1.82, 2.24) is 9.88 Å². The number of likely N-dealkylation sites (tertiary alicyclic amines) is 1. The second-order valence-corrected chi connectivity index (χ2v) is 8.79. The van der Waals surface area contributed by atoms with Crippen LogP contribution in [0.2, 0.25) is 0 Å². The summed E-state index contributed by atoms with van der Waals surface area (Å²) in [5, 5.41) is 3.34. The lowest BCUT2D eigenvalue weighted by atomic mass is 10.1. The van der Waals surface area contributed by atoms with Crippen LogP contribution < -0.4 is 9.64 Å². The largest absolute Gasteiger partial charge is 0.495 e. The van der Waals surface area contributed by atoms with Crippen molar-refractivity contribution in [3.8, 4) is 16.2 Å². The fourth-order valence-corrected chi connectivity index (χ4v) is 5.06. The Kier molecular flexibility index (Phi) is 5.19. The van der Waals surface area contributed by atoms with Crippen LogP contribution >= 0.6 is 11.3 Å². The van der Waals surface area contributed by atoms with Gasteiger partial charge in [0.15, 0.2) is 0 Å². The average molecular weight is 420 g/mol. The number of fused-ring (bicyclic) bond motifs is 1. The third kappa shape index (κ3) is 3.57. The van der Waals surface area contributed by atoms with E-state index in [-0.39, 0.29) is 0 Å². The number of hydrogen-bond acceptors (Lipinski definition) is 6. The Balaban J connectivity index is 1.47. The second-order valence-electron chi connectivity index (χ2n) is 7.68. The maximum Gasteiger partial charge on any atom is 0.207 e. The summed E-state index contributed by atoms with van der Waals surface area (Å²) in [5.41, 5.74) is 2.10. The Morgan fingerprint density at radius 2 is 2.00 bits per heavy atom. The molecule has 4 aromatic rings. The molecule has 0 atom stereocenters. The smallest absolute Gasteiger partial charge is 0.207 e. The molecule has 0 spiro atoms. The molecule has 6 heteroatoms. The first-order chi connectivity index (χ1) is 14.7. The fraction of sp³-hybridized carbons (Fsp3) is 0.292. The number of nitrogens with zero attached hydrogens (tertiary/aromatic N) is 3. The van der Waals surface area contributed by atoms with Gasteiger partial charge in [-0.1, -0.05) is 18.2 Å². The monoisotopic (exact) mass is 419 g/mol. The van der Waals surface area contributed by atoms with Gasteiger partial charge in [0.25, 0.3) is 0 Å². The lowest BCUT2D eigenvalue weighted by molar-refractivity contribution is 0.331. The summed E-state index contributed by atoms with van der Waals surface area (Å²) in [6.07, 6.45) is 6.39. The first-order valence-corrected chi connectivity index (χ1v) is 11.1. The molecule has 0 unspecified atom stereocenters. The molecule has 5 rings (SSSR count). The quantitative estimate of drug-likeness (QED) is 0.387.